The van der Waals surface area contributed by atoms with E-state index in [0.29, 0.717) is 17.1 Å². The fraction of sp³-hybridized carbons (Fsp3) is 0.111. The Bertz CT molecular complexity index is 1080. The van der Waals surface area contributed by atoms with E-state index >= 15 is 0 Å². The molecule has 0 saturated heterocycles. The molecule has 0 saturated carbocycles. The molecule has 0 amide bonds. The zero-order chi connectivity index (χ0) is 19.7. The Morgan fingerprint density at radius 2 is 1.74 bits per heavy atom. The first kappa shape index (κ1) is 18.8. The lowest BCUT2D eigenvalue weighted by atomic mass is 10.1. The number of anilines is 1. The summed E-state index contributed by atoms with van der Waals surface area (Å²) in [6, 6.07) is 11.9. The lowest BCUT2D eigenvalue weighted by molar-refractivity contribution is -0.139. The van der Waals surface area contributed by atoms with Gasteiger partial charge in [0, 0.05) is 17.4 Å². The maximum atomic E-state index is 13.1. The van der Waals surface area contributed by atoms with Gasteiger partial charge in [-0.05, 0) is 37.3 Å². The molecule has 0 aliphatic rings. The molecule has 3 rings (SSSR count). The van der Waals surface area contributed by atoms with Gasteiger partial charge in [0.2, 0.25) is 0 Å². The molecule has 0 aliphatic carbocycles. The minimum atomic E-state index is -4.79. The van der Waals surface area contributed by atoms with Crippen molar-refractivity contribution in [3.05, 3.63) is 72.2 Å². The number of hydrogen-bond donors (Lipinski definition) is 1. The number of aromatic nitrogens is 2. The minimum absolute atomic E-state index is 0.126. The molecular weight excluding hydrogens is 379 g/mol. The highest BCUT2D eigenvalue weighted by molar-refractivity contribution is 7.92. The van der Waals surface area contributed by atoms with Crippen molar-refractivity contribution < 1.29 is 21.6 Å². The van der Waals surface area contributed by atoms with Gasteiger partial charge in [0.25, 0.3) is 10.0 Å². The van der Waals surface area contributed by atoms with Crippen molar-refractivity contribution in [2.45, 2.75) is 18.0 Å². The molecule has 1 N–H and O–H groups in total. The number of nitrogens with one attached hydrogen (secondary N) is 1. The van der Waals surface area contributed by atoms with Crippen LogP contribution < -0.4 is 4.72 Å². The fourth-order valence-corrected chi connectivity index (χ4v) is 3.78. The van der Waals surface area contributed by atoms with Gasteiger partial charge in [-0.3, -0.25) is 4.72 Å². The summed E-state index contributed by atoms with van der Waals surface area (Å²) in [7, 11) is -4.44. The van der Waals surface area contributed by atoms with Crippen LogP contribution in [0.1, 0.15) is 11.4 Å². The lowest BCUT2D eigenvalue weighted by Crippen LogP contribution is -2.18. The van der Waals surface area contributed by atoms with Crippen LogP contribution in [0.5, 0.6) is 0 Å². The Morgan fingerprint density at radius 3 is 2.44 bits per heavy atom. The van der Waals surface area contributed by atoms with Crippen LogP contribution in [0.4, 0.5) is 18.9 Å². The standard InChI is InChI=1S/C18H14F3N3O2S/c1-12-22-10-9-16(23-12)13-5-4-6-14(11-13)24-27(25,26)17-8-3-2-7-15(17)18(19,20)21/h2-11,24H,1H3. The van der Waals surface area contributed by atoms with Crippen molar-refractivity contribution in [1.82, 2.24) is 9.97 Å². The number of halogens is 3. The van der Waals surface area contributed by atoms with Gasteiger partial charge in [0.1, 0.15) is 5.82 Å². The molecule has 1 heterocycles. The predicted octanol–water partition coefficient (Wildman–Crippen LogP) is 4.27. The van der Waals surface area contributed by atoms with Gasteiger partial charge in [-0.2, -0.15) is 13.2 Å². The zero-order valence-electron chi connectivity index (χ0n) is 14.0. The lowest BCUT2D eigenvalue weighted by Gasteiger charge is -2.14. The second-order valence-corrected chi connectivity index (χ2v) is 7.32. The maximum absolute atomic E-state index is 13.1. The average molecular weight is 393 g/mol. The van der Waals surface area contributed by atoms with Crippen LogP contribution >= 0.6 is 0 Å². The van der Waals surface area contributed by atoms with Crippen LogP contribution in [0.25, 0.3) is 11.3 Å². The molecule has 0 radical (unpaired) electrons. The molecule has 0 unspecified atom stereocenters. The quantitative estimate of drug-likeness (QED) is 0.719. The third-order valence-electron chi connectivity index (χ3n) is 3.67. The third-order valence-corrected chi connectivity index (χ3v) is 5.11. The van der Waals surface area contributed by atoms with Crippen molar-refractivity contribution >= 4 is 15.7 Å². The zero-order valence-corrected chi connectivity index (χ0v) is 14.8. The third kappa shape index (κ3) is 4.25. The van der Waals surface area contributed by atoms with Gasteiger partial charge in [-0.25, -0.2) is 18.4 Å². The molecule has 0 atom stereocenters. The number of sulfonamides is 1. The van der Waals surface area contributed by atoms with Crippen molar-refractivity contribution in [2.24, 2.45) is 0 Å². The first-order valence-electron chi connectivity index (χ1n) is 7.76. The molecule has 0 bridgehead atoms. The molecule has 2 aromatic carbocycles. The second kappa shape index (κ2) is 6.99. The average Bonchev–Trinajstić information content (AvgIpc) is 2.61. The number of hydrogen-bond acceptors (Lipinski definition) is 4. The van der Waals surface area contributed by atoms with Gasteiger partial charge in [-0.1, -0.05) is 24.3 Å². The van der Waals surface area contributed by atoms with Gasteiger partial charge in [-0.15, -0.1) is 0 Å². The van der Waals surface area contributed by atoms with Crippen molar-refractivity contribution in [3.8, 4) is 11.3 Å². The van der Waals surface area contributed by atoms with E-state index in [-0.39, 0.29) is 5.69 Å². The number of aryl methyl sites for hydroxylation is 1. The largest absolute Gasteiger partial charge is 0.417 e. The van der Waals surface area contributed by atoms with Crippen LogP contribution in [-0.2, 0) is 16.2 Å². The number of alkyl halides is 3. The molecule has 0 fully saturated rings. The van der Waals surface area contributed by atoms with Gasteiger partial charge in [0.15, 0.2) is 0 Å². The van der Waals surface area contributed by atoms with Crippen molar-refractivity contribution in [3.63, 3.8) is 0 Å². The Hall–Kier alpha value is -2.94. The fourth-order valence-electron chi connectivity index (χ4n) is 2.50. The molecule has 27 heavy (non-hydrogen) atoms. The molecule has 0 spiro atoms. The minimum Gasteiger partial charge on any atom is -0.280 e. The van der Waals surface area contributed by atoms with E-state index in [9.17, 15) is 21.6 Å². The normalized spacial score (nSPS) is 12.0. The summed E-state index contributed by atoms with van der Waals surface area (Å²) in [5.74, 6) is 0.539. The van der Waals surface area contributed by atoms with E-state index in [2.05, 4.69) is 14.7 Å². The summed E-state index contributed by atoms with van der Waals surface area (Å²) < 4.78 is 66.7. The number of nitrogens with zero attached hydrogens (tertiary/aromatic N) is 2. The van der Waals surface area contributed by atoms with Gasteiger partial charge in [0.05, 0.1) is 16.2 Å². The summed E-state index contributed by atoms with van der Waals surface area (Å²) in [6.45, 7) is 1.71. The molecule has 9 heteroatoms. The summed E-state index contributed by atoms with van der Waals surface area (Å²) in [6.07, 6.45) is -3.22. The SMILES string of the molecule is Cc1nccc(-c2cccc(NS(=O)(=O)c3ccccc3C(F)(F)F)c2)n1. The van der Waals surface area contributed by atoms with Crippen LogP contribution in [0.3, 0.4) is 0 Å². The topological polar surface area (TPSA) is 72.0 Å². The van der Waals surface area contributed by atoms with E-state index in [0.717, 1.165) is 18.2 Å². The van der Waals surface area contributed by atoms with Crippen LogP contribution in [0, 0.1) is 6.92 Å². The molecule has 3 aromatic rings. The summed E-state index contributed by atoms with van der Waals surface area (Å²) in [4.78, 5) is 7.41. The summed E-state index contributed by atoms with van der Waals surface area (Å²) in [5.41, 5.74) is 0.0740. The monoisotopic (exact) mass is 393 g/mol. The van der Waals surface area contributed by atoms with Crippen LogP contribution in [0.15, 0.2) is 65.7 Å². The van der Waals surface area contributed by atoms with Crippen LogP contribution in [-0.4, -0.2) is 18.4 Å². The smallest absolute Gasteiger partial charge is 0.280 e. The summed E-state index contributed by atoms with van der Waals surface area (Å²) in [5, 5.41) is 0. The van der Waals surface area contributed by atoms with Crippen LogP contribution in [0.2, 0.25) is 0 Å². The number of benzene rings is 2. The Balaban J connectivity index is 1.98. The Morgan fingerprint density at radius 1 is 1.00 bits per heavy atom. The molecule has 5 nitrogen and oxygen atoms in total. The number of rotatable bonds is 4. The molecule has 140 valence electrons. The molecular formula is C18H14F3N3O2S. The van der Waals surface area contributed by atoms with E-state index < -0.39 is 26.7 Å². The maximum Gasteiger partial charge on any atom is 0.417 e. The van der Waals surface area contributed by atoms with E-state index in [4.69, 9.17) is 0 Å². The second-order valence-electron chi connectivity index (χ2n) is 5.67. The van der Waals surface area contributed by atoms with Gasteiger partial charge < -0.3 is 0 Å². The highest BCUT2D eigenvalue weighted by Crippen LogP contribution is 2.34. The van der Waals surface area contributed by atoms with E-state index in [1.165, 1.54) is 18.2 Å². The highest BCUT2D eigenvalue weighted by Gasteiger charge is 2.36. The van der Waals surface area contributed by atoms with Crippen molar-refractivity contribution in [2.75, 3.05) is 4.72 Å². The predicted molar refractivity (Wildman–Crippen MR) is 94.5 cm³/mol. The van der Waals surface area contributed by atoms with E-state index in [1.807, 2.05) is 0 Å². The van der Waals surface area contributed by atoms with Gasteiger partial charge >= 0.3 is 6.18 Å². The molecule has 0 aliphatic heterocycles. The highest BCUT2D eigenvalue weighted by atomic mass is 32.2. The Kier molecular flexibility index (Phi) is 4.88. The Labute approximate surface area is 154 Å². The summed E-state index contributed by atoms with van der Waals surface area (Å²) >= 11 is 0. The van der Waals surface area contributed by atoms with E-state index in [1.54, 1.807) is 31.3 Å². The van der Waals surface area contributed by atoms with Crippen molar-refractivity contribution in [1.29, 1.82) is 0 Å². The first-order valence-corrected chi connectivity index (χ1v) is 9.24. The first-order chi connectivity index (χ1) is 12.7. The molecule has 1 aromatic heterocycles.